The van der Waals surface area contributed by atoms with E-state index < -0.39 is 10.0 Å². The van der Waals surface area contributed by atoms with E-state index >= 15 is 0 Å². The Morgan fingerprint density at radius 2 is 1.57 bits per heavy atom. The lowest BCUT2D eigenvalue weighted by atomic mass is 10.1. The Labute approximate surface area is 124 Å². The summed E-state index contributed by atoms with van der Waals surface area (Å²) in [6, 6.07) is 16.5. The molecule has 0 bridgehead atoms. The quantitative estimate of drug-likeness (QED) is 0.874. The highest BCUT2D eigenvalue weighted by molar-refractivity contribution is 7.88. The van der Waals surface area contributed by atoms with Crippen molar-refractivity contribution in [3.8, 4) is 6.07 Å². The number of nitrogens with zero attached hydrogens (tertiary/aromatic N) is 2. The second-order valence-corrected chi connectivity index (χ2v) is 7.07. The third-order valence-corrected chi connectivity index (χ3v) is 5.38. The van der Waals surface area contributed by atoms with Gasteiger partial charge in [0.05, 0.1) is 17.4 Å². The molecule has 0 spiro atoms. The average molecular weight is 298 g/mol. The van der Waals surface area contributed by atoms with Gasteiger partial charge in [0.25, 0.3) is 0 Å². The first-order valence-corrected chi connectivity index (χ1v) is 8.23. The third-order valence-electron chi connectivity index (χ3n) is 3.64. The molecule has 0 atom stereocenters. The van der Waals surface area contributed by atoms with E-state index in [2.05, 4.69) is 0 Å². The first kappa shape index (κ1) is 13.8. The molecule has 4 nitrogen and oxygen atoms in total. The molecule has 0 fully saturated rings. The summed E-state index contributed by atoms with van der Waals surface area (Å²) in [6.07, 6.45) is 0. The van der Waals surface area contributed by atoms with Crippen LogP contribution in [0, 0.1) is 11.3 Å². The number of hydrogen-bond donors (Lipinski definition) is 0. The summed E-state index contributed by atoms with van der Waals surface area (Å²) in [5, 5.41) is 8.76. The summed E-state index contributed by atoms with van der Waals surface area (Å²) in [7, 11) is -3.35. The maximum absolute atomic E-state index is 12.5. The van der Waals surface area contributed by atoms with Crippen LogP contribution in [0.15, 0.2) is 48.5 Å². The van der Waals surface area contributed by atoms with Gasteiger partial charge in [0.2, 0.25) is 10.0 Å². The van der Waals surface area contributed by atoms with E-state index in [0.717, 1.165) is 11.1 Å². The molecular weight excluding hydrogens is 284 g/mol. The molecule has 3 rings (SSSR count). The molecule has 0 N–H and O–H groups in total. The zero-order chi connectivity index (χ0) is 14.9. The fourth-order valence-electron chi connectivity index (χ4n) is 2.48. The lowest BCUT2D eigenvalue weighted by Crippen LogP contribution is -2.26. The standard InChI is InChI=1S/C16H14N2O2S/c17-9-13-5-7-14(8-6-13)12-21(19,20)18-10-15-3-1-2-4-16(15)11-18/h1-8H,10-12H2. The summed E-state index contributed by atoms with van der Waals surface area (Å²) < 4.78 is 26.5. The van der Waals surface area contributed by atoms with Crippen LogP contribution in [-0.4, -0.2) is 12.7 Å². The lowest BCUT2D eigenvalue weighted by Gasteiger charge is -2.15. The van der Waals surface area contributed by atoms with Crippen LogP contribution in [-0.2, 0) is 28.9 Å². The number of rotatable bonds is 3. The van der Waals surface area contributed by atoms with Crippen molar-refractivity contribution >= 4 is 10.0 Å². The Balaban J connectivity index is 1.78. The number of hydrogen-bond acceptors (Lipinski definition) is 3. The van der Waals surface area contributed by atoms with Crippen LogP contribution >= 0.6 is 0 Å². The SMILES string of the molecule is N#Cc1ccc(CS(=O)(=O)N2Cc3ccccc3C2)cc1. The monoisotopic (exact) mass is 298 g/mol. The molecule has 1 aliphatic rings. The van der Waals surface area contributed by atoms with E-state index in [1.165, 1.54) is 4.31 Å². The van der Waals surface area contributed by atoms with Crippen LogP contribution in [0.5, 0.6) is 0 Å². The van der Waals surface area contributed by atoms with Gasteiger partial charge in [0.15, 0.2) is 0 Å². The van der Waals surface area contributed by atoms with Crippen LogP contribution in [0.1, 0.15) is 22.3 Å². The molecule has 2 aromatic carbocycles. The number of fused-ring (bicyclic) bond motifs is 1. The Kier molecular flexibility index (Phi) is 3.50. The van der Waals surface area contributed by atoms with Crippen molar-refractivity contribution in [2.75, 3.05) is 0 Å². The molecule has 1 aliphatic heterocycles. The number of benzene rings is 2. The lowest BCUT2D eigenvalue weighted by molar-refractivity contribution is 0.431. The summed E-state index contributed by atoms with van der Waals surface area (Å²) in [5.41, 5.74) is 3.37. The fraction of sp³-hybridized carbons (Fsp3) is 0.188. The highest BCUT2D eigenvalue weighted by Gasteiger charge is 2.28. The molecule has 0 amide bonds. The average Bonchev–Trinajstić information content (AvgIpc) is 2.92. The van der Waals surface area contributed by atoms with Gasteiger partial charge in [-0.1, -0.05) is 36.4 Å². The van der Waals surface area contributed by atoms with Crippen LogP contribution in [0.3, 0.4) is 0 Å². The molecule has 5 heteroatoms. The number of sulfonamides is 1. The molecule has 0 aromatic heterocycles. The first-order chi connectivity index (χ1) is 10.1. The van der Waals surface area contributed by atoms with Crippen LogP contribution in [0.25, 0.3) is 0 Å². The zero-order valence-electron chi connectivity index (χ0n) is 11.4. The van der Waals surface area contributed by atoms with Crippen LogP contribution < -0.4 is 0 Å². The molecule has 0 aliphatic carbocycles. The maximum Gasteiger partial charge on any atom is 0.218 e. The first-order valence-electron chi connectivity index (χ1n) is 6.62. The molecule has 1 heterocycles. The van der Waals surface area contributed by atoms with Crippen molar-refractivity contribution in [1.82, 2.24) is 4.31 Å². The summed E-state index contributed by atoms with van der Waals surface area (Å²) >= 11 is 0. The van der Waals surface area contributed by atoms with E-state index in [-0.39, 0.29) is 5.75 Å². The van der Waals surface area contributed by atoms with Gasteiger partial charge in [0.1, 0.15) is 0 Å². The second-order valence-electron chi connectivity index (χ2n) is 5.10. The Morgan fingerprint density at radius 1 is 1.00 bits per heavy atom. The maximum atomic E-state index is 12.5. The van der Waals surface area contributed by atoms with Gasteiger partial charge in [0, 0.05) is 13.1 Å². The third kappa shape index (κ3) is 2.82. The van der Waals surface area contributed by atoms with Gasteiger partial charge in [-0.15, -0.1) is 0 Å². The van der Waals surface area contributed by atoms with E-state index in [1.807, 2.05) is 30.3 Å². The van der Waals surface area contributed by atoms with Gasteiger partial charge in [-0.2, -0.15) is 9.57 Å². The van der Waals surface area contributed by atoms with E-state index in [4.69, 9.17) is 5.26 Å². The molecule has 0 saturated carbocycles. The minimum Gasteiger partial charge on any atom is -0.212 e. The Bertz CT molecular complexity index is 780. The van der Waals surface area contributed by atoms with Crippen molar-refractivity contribution in [1.29, 1.82) is 5.26 Å². The second kappa shape index (κ2) is 5.32. The van der Waals surface area contributed by atoms with Crippen LogP contribution in [0.4, 0.5) is 0 Å². The van der Waals surface area contributed by atoms with Crippen LogP contribution in [0.2, 0.25) is 0 Å². The van der Waals surface area contributed by atoms with Gasteiger partial charge in [-0.25, -0.2) is 8.42 Å². The molecule has 0 unspecified atom stereocenters. The summed E-state index contributed by atoms with van der Waals surface area (Å²) in [4.78, 5) is 0. The van der Waals surface area contributed by atoms with Crippen molar-refractivity contribution in [2.24, 2.45) is 0 Å². The predicted molar refractivity (Wildman–Crippen MR) is 79.5 cm³/mol. The zero-order valence-corrected chi connectivity index (χ0v) is 12.2. The Hall–Kier alpha value is -2.16. The molecule has 0 radical (unpaired) electrons. The van der Waals surface area contributed by atoms with Gasteiger partial charge >= 0.3 is 0 Å². The highest BCUT2D eigenvalue weighted by Crippen LogP contribution is 2.26. The van der Waals surface area contributed by atoms with Crippen molar-refractivity contribution in [2.45, 2.75) is 18.8 Å². The van der Waals surface area contributed by atoms with E-state index in [1.54, 1.807) is 24.3 Å². The van der Waals surface area contributed by atoms with Gasteiger partial charge in [-0.3, -0.25) is 0 Å². The molecule has 0 saturated heterocycles. The summed E-state index contributed by atoms with van der Waals surface area (Å²) in [5.74, 6) is -0.0350. The summed E-state index contributed by atoms with van der Waals surface area (Å²) in [6.45, 7) is 0.879. The normalized spacial score (nSPS) is 14.6. The minimum absolute atomic E-state index is 0.0350. The van der Waals surface area contributed by atoms with Gasteiger partial charge in [-0.05, 0) is 28.8 Å². The van der Waals surface area contributed by atoms with Gasteiger partial charge < -0.3 is 0 Å². The molecule has 21 heavy (non-hydrogen) atoms. The smallest absolute Gasteiger partial charge is 0.212 e. The molecular formula is C16H14N2O2S. The van der Waals surface area contributed by atoms with Crippen molar-refractivity contribution in [3.05, 3.63) is 70.8 Å². The van der Waals surface area contributed by atoms with Crippen molar-refractivity contribution < 1.29 is 8.42 Å². The minimum atomic E-state index is -3.35. The number of nitriles is 1. The predicted octanol–water partition coefficient (Wildman–Crippen LogP) is 2.40. The molecule has 2 aromatic rings. The topological polar surface area (TPSA) is 61.2 Å². The van der Waals surface area contributed by atoms with E-state index in [9.17, 15) is 8.42 Å². The largest absolute Gasteiger partial charge is 0.218 e. The highest BCUT2D eigenvalue weighted by atomic mass is 32.2. The molecule has 106 valence electrons. The van der Waals surface area contributed by atoms with Crippen molar-refractivity contribution in [3.63, 3.8) is 0 Å². The Morgan fingerprint density at radius 3 is 2.10 bits per heavy atom. The van der Waals surface area contributed by atoms with E-state index in [0.29, 0.717) is 24.2 Å². The fourth-order valence-corrected chi connectivity index (χ4v) is 3.94.